The van der Waals surface area contributed by atoms with E-state index in [9.17, 15) is 0 Å². The van der Waals surface area contributed by atoms with Crippen LogP contribution in [-0.4, -0.2) is 27.8 Å². The molecule has 0 unspecified atom stereocenters. The molecule has 0 aliphatic rings. The maximum absolute atomic E-state index is 8.94. The first kappa shape index (κ1) is 14.9. The Morgan fingerprint density at radius 1 is 1.09 bits per heavy atom. The molecule has 0 aliphatic heterocycles. The summed E-state index contributed by atoms with van der Waals surface area (Å²) in [5, 5.41) is 13.0. The number of benzene rings is 2. The van der Waals surface area contributed by atoms with Gasteiger partial charge in [-0.3, -0.25) is 0 Å². The van der Waals surface area contributed by atoms with Gasteiger partial charge in [-0.05, 0) is 30.2 Å². The van der Waals surface area contributed by atoms with Crippen molar-refractivity contribution in [1.82, 2.24) is 9.55 Å². The Hall–Kier alpha value is -2.04. The zero-order valence-electron chi connectivity index (χ0n) is 12.2. The standard InChI is InChI=1S/C17H18ClN3O/c18-14-7-2-1-6-13(14)12-21-16-9-4-3-8-15(16)20-17(21)19-10-5-11-22/h1-4,6-9,22H,5,10-12H2,(H,19,20). The summed E-state index contributed by atoms with van der Waals surface area (Å²) >= 11 is 6.28. The largest absolute Gasteiger partial charge is 0.396 e. The summed E-state index contributed by atoms with van der Waals surface area (Å²) in [5.74, 6) is 0.801. The highest BCUT2D eigenvalue weighted by Gasteiger charge is 2.11. The van der Waals surface area contributed by atoms with Crippen molar-refractivity contribution in [2.75, 3.05) is 18.5 Å². The van der Waals surface area contributed by atoms with E-state index in [-0.39, 0.29) is 6.61 Å². The molecule has 0 fully saturated rings. The number of fused-ring (bicyclic) bond motifs is 1. The fourth-order valence-corrected chi connectivity index (χ4v) is 2.64. The molecule has 0 bridgehead atoms. The molecule has 4 nitrogen and oxygen atoms in total. The van der Waals surface area contributed by atoms with E-state index in [2.05, 4.69) is 20.9 Å². The normalized spacial score (nSPS) is 11.0. The van der Waals surface area contributed by atoms with E-state index in [1.165, 1.54) is 0 Å². The van der Waals surface area contributed by atoms with E-state index in [1.54, 1.807) is 0 Å². The molecule has 1 aromatic heterocycles. The average Bonchev–Trinajstić information content (AvgIpc) is 2.88. The molecule has 5 heteroatoms. The minimum atomic E-state index is 0.164. The first-order valence-corrected chi connectivity index (χ1v) is 7.71. The minimum absolute atomic E-state index is 0.164. The Kier molecular flexibility index (Phi) is 4.61. The van der Waals surface area contributed by atoms with Gasteiger partial charge in [0.15, 0.2) is 0 Å². The van der Waals surface area contributed by atoms with Gasteiger partial charge in [0, 0.05) is 18.2 Å². The number of para-hydroxylation sites is 2. The Morgan fingerprint density at radius 3 is 2.68 bits per heavy atom. The summed E-state index contributed by atoms with van der Waals surface area (Å²) in [6, 6.07) is 15.9. The molecular weight excluding hydrogens is 298 g/mol. The smallest absolute Gasteiger partial charge is 0.204 e. The number of hydrogen-bond acceptors (Lipinski definition) is 3. The number of halogens is 1. The number of anilines is 1. The lowest BCUT2D eigenvalue weighted by atomic mass is 10.2. The summed E-state index contributed by atoms with van der Waals surface area (Å²) in [6.07, 6.45) is 0.690. The van der Waals surface area contributed by atoms with Crippen LogP contribution in [0.1, 0.15) is 12.0 Å². The predicted octanol–water partition coefficient (Wildman–Crippen LogP) is 3.53. The molecule has 0 amide bonds. The fraction of sp³-hybridized carbons (Fsp3) is 0.235. The second-order valence-electron chi connectivity index (χ2n) is 5.11. The van der Waals surface area contributed by atoms with Crippen LogP contribution in [0.15, 0.2) is 48.5 Å². The number of aromatic nitrogens is 2. The number of rotatable bonds is 6. The van der Waals surface area contributed by atoms with Crippen LogP contribution in [0.2, 0.25) is 5.02 Å². The summed E-state index contributed by atoms with van der Waals surface area (Å²) in [7, 11) is 0. The summed E-state index contributed by atoms with van der Waals surface area (Å²) in [4.78, 5) is 4.64. The van der Waals surface area contributed by atoms with Crippen LogP contribution in [0.4, 0.5) is 5.95 Å². The van der Waals surface area contributed by atoms with E-state index in [1.807, 2.05) is 42.5 Å². The maximum Gasteiger partial charge on any atom is 0.204 e. The molecule has 2 N–H and O–H groups in total. The number of aliphatic hydroxyl groups excluding tert-OH is 1. The molecular formula is C17H18ClN3O. The molecule has 0 spiro atoms. The van der Waals surface area contributed by atoms with E-state index in [0.29, 0.717) is 19.5 Å². The van der Waals surface area contributed by atoms with Gasteiger partial charge in [0.25, 0.3) is 0 Å². The second-order valence-corrected chi connectivity index (χ2v) is 5.51. The molecule has 1 heterocycles. The zero-order chi connectivity index (χ0) is 15.4. The summed E-state index contributed by atoms with van der Waals surface area (Å²) in [6.45, 7) is 1.50. The minimum Gasteiger partial charge on any atom is -0.396 e. The van der Waals surface area contributed by atoms with E-state index in [0.717, 1.165) is 27.6 Å². The van der Waals surface area contributed by atoms with Crippen molar-refractivity contribution < 1.29 is 5.11 Å². The SMILES string of the molecule is OCCCNc1nc2ccccc2n1Cc1ccccc1Cl. The molecule has 0 atom stereocenters. The third kappa shape index (κ3) is 3.08. The van der Waals surface area contributed by atoms with Crippen molar-refractivity contribution >= 4 is 28.6 Å². The van der Waals surface area contributed by atoms with Gasteiger partial charge in [0.05, 0.1) is 17.6 Å². The van der Waals surface area contributed by atoms with Crippen LogP contribution >= 0.6 is 11.6 Å². The van der Waals surface area contributed by atoms with Crippen LogP contribution in [0.5, 0.6) is 0 Å². The first-order valence-electron chi connectivity index (χ1n) is 7.33. The van der Waals surface area contributed by atoms with Crippen LogP contribution in [0.3, 0.4) is 0 Å². The second kappa shape index (κ2) is 6.81. The lowest BCUT2D eigenvalue weighted by Crippen LogP contribution is -2.10. The Morgan fingerprint density at radius 2 is 1.86 bits per heavy atom. The molecule has 0 aliphatic carbocycles. The Labute approximate surface area is 134 Å². The van der Waals surface area contributed by atoms with Crippen molar-refractivity contribution in [1.29, 1.82) is 0 Å². The third-order valence-corrected chi connectivity index (χ3v) is 3.93. The monoisotopic (exact) mass is 315 g/mol. The van der Waals surface area contributed by atoms with Gasteiger partial charge in [0.2, 0.25) is 5.95 Å². The van der Waals surface area contributed by atoms with Gasteiger partial charge in [-0.2, -0.15) is 0 Å². The average molecular weight is 316 g/mol. The van der Waals surface area contributed by atoms with Gasteiger partial charge in [-0.15, -0.1) is 0 Å². The van der Waals surface area contributed by atoms with Crippen molar-refractivity contribution in [3.8, 4) is 0 Å². The molecule has 114 valence electrons. The lowest BCUT2D eigenvalue weighted by Gasteiger charge is -2.11. The predicted molar refractivity (Wildman–Crippen MR) is 90.5 cm³/mol. The quantitative estimate of drug-likeness (QED) is 0.684. The number of nitrogens with one attached hydrogen (secondary N) is 1. The van der Waals surface area contributed by atoms with Gasteiger partial charge < -0.3 is 15.0 Å². The highest BCUT2D eigenvalue weighted by Crippen LogP contribution is 2.24. The van der Waals surface area contributed by atoms with Crippen LogP contribution in [0, 0.1) is 0 Å². The zero-order valence-corrected chi connectivity index (χ0v) is 12.9. The van der Waals surface area contributed by atoms with Crippen molar-refractivity contribution in [3.05, 3.63) is 59.1 Å². The molecule has 2 aromatic carbocycles. The van der Waals surface area contributed by atoms with Crippen molar-refractivity contribution in [2.45, 2.75) is 13.0 Å². The topological polar surface area (TPSA) is 50.1 Å². The fourth-order valence-electron chi connectivity index (χ4n) is 2.45. The maximum atomic E-state index is 8.94. The molecule has 3 rings (SSSR count). The number of imidazole rings is 1. The van der Waals surface area contributed by atoms with Gasteiger partial charge in [-0.25, -0.2) is 4.98 Å². The van der Waals surface area contributed by atoms with Crippen molar-refractivity contribution in [3.63, 3.8) is 0 Å². The van der Waals surface area contributed by atoms with Gasteiger partial charge >= 0.3 is 0 Å². The first-order chi connectivity index (χ1) is 10.8. The molecule has 0 radical (unpaired) electrons. The number of nitrogens with zero attached hydrogens (tertiary/aromatic N) is 2. The van der Waals surface area contributed by atoms with Crippen LogP contribution < -0.4 is 5.32 Å². The lowest BCUT2D eigenvalue weighted by molar-refractivity contribution is 0.292. The molecule has 3 aromatic rings. The van der Waals surface area contributed by atoms with Gasteiger partial charge in [-0.1, -0.05) is 41.9 Å². The highest BCUT2D eigenvalue weighted by atomic mass is 35.5. The highest BCUT2D eigenvalue weighted by molar-refractivity contribution is 6.31. The van der Waals surface area contributed by atoms with E-state index >= 15 is 0 Å². The number of aliphatic hydroxyl groups is 1. The van der Waals surface area contributed by atoms with E-state index in [4.69, 9.17) is 16.7 Å². The van der Waals surface area contributed by atoms with Crippen molar-refractivity contribution in [2.24, 2.45) is 0 Å². The molecule has 0 saturated carbocycles. The third-order valence-electron chi connectivity index (χ3n) is 3.56. The van der Waals surface area contributed by atoms with Crippen LogP contribution in [0.25, 0.3) is 11.0 Å². The Balaban J connectivity index is 1.98. The summed E-state index contributed by atoms with van der Waals surface area (Å²) < 4.78 is 2.12. The number of hydrogen-bond donors (Lipinski definition) is 2. The summed E-state index contributed by atoms with van der Waals surface area (Å²) in [5.41, 5.74) is 3.06. The van der Waals surface area contributed by atoms with E-state index < -0.39 is 0 Å². The van der Waals surface area contributed by atoms with Crippen LogP contribution in [-0.2, 0) is 6.54 Å². The van der Waals surface area contributed by atoms with Gasteiger partial charge in [0.1, 0.15) is 0 Å². The molecule has 0 saturated heterocycles. The Bertz CT molecular complexity index is 769. The molecule has 22 heavy (non-hydrogen) atoms.